The highest BCUT2D eigenvalue weighted by Crippen LogP contribution is 2.44. The molecule has 3 heteroatoms. The molecule has 0 spiro atoms. The van der Waals surface area contributed by atoms with Crippen molar-refractivity contribution in [3.63, 3.8) is 0 Å². The van der Waals surface area contributed by atoms with Gasteiger partial charge in [0.05, 0.1) is 5.38 Å². The van der Waals surface area contributed by atoms with E-state index >= 15 is 0 Å². The van der Waals surface area contributed by atoms with Gasteiger partial charge in [0.1, 0.15) is 5.41 Å². The number of halogens is 1. The molecule has 0 amide bonds. The van der Waals surface area contributed by atoms with Crippen molar-refractivity contribution in [3.05, 3.63) is 35.9 Å². The molecule has 1 saturated carbocycles. The van der Waals surface area contributed by atoms with Gasteiger partial charge in [-0.05, 0) is 18.4 Å². The van der Waals surface area contributed by atoms with Crippen LogP contribution in [0.15, 0.2) is 30.3 Å². The van der Waals surface area contributed by atoms with Gasteiger partial charge in [0.25, 0.3) is 0 Å². The maximum atomic E-state index is 11.4. The van der Waals surface area contributed by atoms with Crippen LogP contribution in [0.1, 0.15) is 24.8 Å². The monoisotopic (exact) mass is 224 g/mol. The molecule has 1 aliphatic carbocycles. The Kier molecular flexibility index (Phi) is 2.70. The van der Waals surface area contributed by atoms with Gasteiger partial charge >= 0.3 is 5.97 Å². The van der Waals surface area contributed by atoms with Crippen molar-refractivity contribution in [1.29, 1.82) is 0 Å². The zero-order chi connectivity index (χ0) is 10.9. The van der Waals surface area contributed by atoms with E-state index in [0.717, 1.165) is 18.4 Å². The van der Waals surface area contributed by atoms with Gasteiger partial charge in [-0.3, -0.25) is 4.79 Å². The average Bonchev–Trinajstić information content (AvgIpc) is 2.62. The zero-order valence-electron chi connectivity index (χ0n) is 8.32. The summed E-state index contributed by atoms with van der Waals surface area (Å²) in [5.74, 6) is -0.800. The fourth-order valence-electron chi connectivity index (χ4n) is 2.39. The minimum atomic E-state index is -0.872. The second kappa shape index (κ2) is 3.86. The standard InChI is InChI=1S/C12H13ClO2/c13-10-7-4-8-12(10,11(14)15)9-5-2-1-3-6-9/h1-3,5-6,10H,4,7-8H2,(H,14,15). The first-order valence-corrected chi connectivity index (χ1v) is 5.54. The molecule has 1 aromatic rings. The highest BCUT2D eigenvalue weighted by Gasteiger charge is 2.49. The molecule has 1 N–H and O–H groups in total. The molecule has 1 fully saturated rings. The zero-order valence-corrected chi connectivity index (χ0v) is 9.07. The van der Waals surface area contributed by atoms with E-state index in [-0.39, 0.29) is 5.38 Å². The number of carboxylic acids is 1. The molecule has 1 aromatic carbocycles. The van der Waals surface area contributed by atoms with Gasteiger partial charge in [-0.1, -0.05) is 36.8 Å². The lowest BCUT2D eigenvalue weighted by molar-refractivity contribution is -0.143. The van der Waals surface area contributed by atoms with Crippen LogP contribution in [0.4, 0.5) is 0 Å². The molecule has 2 rings (SSSR count). The van der Waals surface area contributed by atoms with Gasteiger partial charge in [-0.15, -0.1) is 11.6 Å². The number of aliphatic carboxylic acids is 1. The van der Waals surface area contributed by atoms with E-state index in [9.17, 15) is 9.90 Å². The van der Waals surface area contributed by atoms with E-state index in [2.05, 4.69) is 0 Å². The van der Waals surface area contributed by atoms with Crippen LogP contribution in [0, 0.1) is 0 Å². The molecule has 15 heavy (non-hydrogen) atoms. The Bertz CT molecular complexity index is 363. The third-order valence-corrected chi connectivity index (χ3v) is 3.82. The normalized spacial score (nSPS) is 30.3. The topological polar surface area (TPSA) is 37.3 Å². The molecule has 0 bridgehead atoms. The van der Waals surface area contributed by atoms with Crippen LogP contribution < -0.4 is 0 Å². The van der Waals surface area contributed by atoms with Crippen LogP contribution in [0.25, 0.3) is 0 Å². The Hall–Kier alpha value is -1.02. The van der Waals surface area contributed by atoms with Gasteiger partial charge < -0.3 is 5.11 Å². The van der Waals surface area contributed by atoms with Gasteiger partial charge in [-0.25, -0.2) is 0 Å². The van der Waals surface area contributed by atoms with Crippen LogP contribution in [-0.4, -0.2) is 16.5 Å². The van der Waals surface area contributed by atoms with Gasteiger partial charge in [0.2, 0.25) is 0 Å². The summed E-state index contributed by atoms with van der Waals surface area (Å²) in [5, 5.41) is 9.11. The average molecular weight is 225 g/mol. The summed E-state index contributed by atoms with van der Waals surface area (Å²) in [5.41, 5.74) is -0.0435. The van der Waals surface area contributed by atoms with Gasteiger partial charge in [0, 0.05) is 0 Å². The molecule has 2 unspecified atom stereocenters. The van der Waals surface area contributed by atoms with Gasteiger partial charge in [-0.2, -0.15) is 0 Å². The Morgan fingerprint density at radius 1 is 1.40 bits per heavy atom. The lowest BCUT2D eigenvalue weighted by atomic mass is 9.79. The molecule has 0 aromatic heterocycles. The molecule has 2 atom stereocenters. The predicted molar refractivity (Wildman–Crippen MR) is 59.2 cm³/mol. The second-order valence-electron chi connectivity index (χ2n) is 4.00. The predicted octanol–water partition coefficient (Wildman–Crippen LogP) is 2.80. The van der Waals surface area contributed by atoms with Crippen LogP contribution >= 0.6 is 11.6 Å². The highest BCUT2D eigenvalue weighted by molar-refractivity contribution is 6.23. The molecular weight excluding hydrogens is 212 g/mol. The second-order valence-corrected chi connectivity index (χ2v) is 4.53. The van der Waals surface area contributed by atoms with E-state index in [0.29, 0.717) is 6.42 Å². The summed E-state index contributed by atoms with van der Waals surface area (Å²) in [6.07, 6.45) is 2.30. The van der Waals surface area contributed by atoms with Crippen LogP contribution in [0.5, 0.6) is 0 Å². The van der Waals surface area contributed by atoms with Crippen molar-refractivity contribution in [2.45, 2.75) is 30.1 Å². The van der Waals surface area contributed by atoms with Crippen molar-refractivity contribution >= 4 is 17.6 Å². The van der Waals surface area contributed by atoms with Crippen LogP contribution in [0.2, 0.25) is 0 Å². The molecule has 80 valence electrons. The number of hydrogen-bond acceptors (Lipinski definition) is 1. The minimum absolute atomic E-state index is 0.294. The summed E-state index contributed by atoms with van der Waals surface area (Å²) in [4.78, 5) is 11.4. The summed E-state index contributed by atoms with van der Waals surface area (Å²) in [7, 11) is 0. The highest BCUT2D eigenvalue weighted by atomic mass is 35.5. The van der Waals surface area contributed by atoms with Crippen molar-refractivity contribution in [2.24, 2.45) is 0 Å². The molecule has 2 nitrogen and oxygen atoms in total. The first-order valence-electron chi connectivity index (χ1n) is 5.11. The lowest BCUT2D eigenvalue weighted by Crippen LogP contribution is -2.40. The Balaban J connectivity index is 2.49. The molecule has 1 aliphatic rings. The summed E-state index contributed by atoms with van der Waals surface area (Å²) < 4.78 is 0. The maximum Gasteiger partial charge on any atom is 0.315 e. The Labute approximate surface area is 93.9 Å². The SMILES string of the molecule is O=C(O)C1(c2ccccc2)CCCC1Cl. The quantitative estimate of drug-likeness (QED) is 0.785. The maximum absolute atomic E-state index is 11.4. The molecular formula is C12H13ClO2. The fourth-order valence-corrected chi connectivity index (χ4v) is 2.87. The molecule has 0 heterocycles. The summed E-state index contributed by atoms with van der Waals surface area (Å²) in [6.45, 7) is 0. The smallest absolute Gasteiger partial charge is 0.315 e. The number of alkyl halides is 1. The Morgan fingerprint density at radius 2 is 2.07 bits per heavy atom. The summed E-state index contributed by atoms with van der Waals surface area (Å²) >= 11 is 6.18. The summed E-state index contributed by atoms with van der Waals surface area (Å²) in [6, 6.07) is 9.32. The van der Waals surface area contributed by atoms with Crippen molar-refractivity contribution in [1.82, 2.24) is 0 Å². The van der Waals surface area contributed by atoms with Gasteiger partial charge in [0.15, 0.2) is 0 Å². The first kappa shape index (κ1) is 10.5. The van der Waals surface area contributed by atoms with Crippen LogP contribution in [0.3, 0.4) is 0 Å². The van der Waals surface area contributed by atoms with Crippen molar-refractivity contribution < 1.29 is 9.90 Å². The number of hydrogen-bond donors (Lipinski definition) is 1. The van der Waals surface area contributed by atoms with E-state index < -0.39 is 11.4 Å². The molecule has 0 radical (unpaired) electrons. The Morgan fingerprint density at radius 3 is 2.53 bits per heavy atom. The number of carboxylic acid groups (broad SMARTS) is 1. The van der Waals surface area contributed by atoms with E-state index in [1.165, 1.54) is 0 Å². The van der Waals surface area contributed by atoms with E-state index in [4.69, 9.17) is 11.6 Å². The third kappa shape index (κ3) is 1.53. The van der Waals surface area contributed by atoms with E-state index in [1.807, 2.05) is 30.3 Å². The minimum Gasteiger partial charge on any atom is -0.481 e. The van der Waals surface area contributed by atoms with E-state index in [1.54, 1.807) is 0 Å². The van der Waals surface area contributed by atoms with Crippen LogP contribution in [-0.2, 0) is 10.2 Å². The third-order valence-electron chi connectivity index (χ3n) is 3.23. The number of carbonyl (C=O) groups is 1. The lowest BCUT2D eigenvalue weighted by Gasteiger charge is -2.28. The molecule has 0 aliphatic heterocycles. The van der Waals surface area contributed by atoms with Crippen molar-refractivity contribution in [2.75, 3.05) is 0 Å². The number of benzene rings is 1. The largest absolute Gasteiger partial charge is 0.481 e. The number of rotatable bonds is 2. The van der Waals surface area contributed by atoms with Crippen molar-refractivity contribution in [3.8, 4) is 0 Å². The fraction of sp³-hybridized carbons (Fsp3) is 0.417. The molecule has 0 saturated heterocycles. The first-order chi connectivity index (χ1) is 7.18.